The van der Waals surface area contributed by atoms with Crippen LogP contribution >= 0.6 is 15.9 Å². The lowest BCUT2D eigenvalue weighted by Gasteiger charge is -2.10. The van der Waals surface area contributed by atoms with E-state index in [9.17, 15) is 9.59 Å². The average molecular weight is 569 g/mol. The molecule has 6 nitrogen and oxygen atoms in total. The number of rotatable bonds is 14. The summed E-state index contributed by atoms with van der Waals surface area (Å²) in [6.07, 6.45) is 6.43. The summed E-state index contributed by atoms with van der Waals surface area (Å²) in [5.41, 5.74) is 0.709. The van der Waals surface area contributed by atoms with E-state index in [0.717, 1.165) is 48.7 Å². The third-order valence-corrected chi connectivity index (χ3v) is 6.18. The highest BCUT2D eigenvalue weighted by Crippen LogP contribution is 2.27. The van der Waals surface area contributed by atoms with Gasteiger partial charge in [0.1, 0.15) is 23.0 Å². The zero-order valence-corrected chi connectivity index (χ0v) is 22.9. The second-order valence-electron chi connectivity index (χ2n) is 8.53. The number of ether oxygens (including phenoxy) is 4. The average Bonchev–Trinajstić information content (AvgIpc) is 2.91. The fourth-order valence-electron chi connectivity index (χ4n) is 3.41. The van der Waals surface area contributed by atoms with E-state index in [-0.39, 0.29) is 0 Å². The number of unbranched alkanes of at least 4 members (excludes halogenated alkanes) is 4. The molecule has 0 unspecified atom stereocenters. The van der Waals surface area contributed by atoms with Gasteiger partial charge < -0.3 is 18.9 Å². The Labute approximate surface area is 227 Å². The molecular weight excluding hydrogens is 536 g/mol. The van der Waals surface area contributed by atoms with Crippen molar-refractivity contribution in [1.82, 2.24) is 0 Å². The quantitative estimate of drug-likeness (QED) is 0.111. The Balaban J connectivity index is 1.53. The Morgan fingerprint density at radius 3 is 1.70 bits per heavy atom. The van der Waals surface area contributed by atoms with Gasteiger partial charge in [-0.05, 0) is 95.5 Å². The number of halogens is 1. The lowest BCUT2D eigenvalue weighted by Crippen LogP contribution is -2.10. The monoisotopic (exact) mass is 568 g/mol. The maximum absolute atomic E-state index is 12.6. The van der Waals surface area contributed by atoms with Crippen LogP contribution in [-0.4, -0.2) is 25.2 Å². The number of hydrogen-bond donors (Lipinski definition) is 0. The van der Waals surface area contributed by atoms with Crippen LogP contribution in [0, 0.1) is 0 Å². The molecule has 0 amide bonds. The molecule has 0 bridgehead atoms. The molecule has 0 aliphatic heterocycles. The van der Waals surface area contributed by atoms with Gasteiger partial charge in [-0.2, -0.15) is 0 Å². The van der Waals surface area contributed by atoms with Crippen molar-refractivity contribution in [2.45, 2.75) is 52.4 Å². The second kappa shape index (κ2) is 15.1. The molecule has 0 radical (unpaired) electrons. The minimum absolute atomic E-state index is 0.319. The van der Waals surface area contributed by atoms with Crippen LogP contribution in [0.2, 0.25) is 0 Å². The van der Waals surface area contributed by atoms with Crippen LogP contribution in [0.4, 0.5) is 0 Å². The minimum atomic E-state index is -0.516. The molecule has 196 valence electrons. The Bertz CT molecular complexity index is 1140. The molecule has 3 rings (SSSR count). The first kappa shape index (κ1) is 28.3. The number of carbonyl (C=O) groups is 2. The summed E-state index contributed by atoms with van der Waals surface area (Å²) in [7, 11) is 0. The fourth-order valence-corrected chi connectivity index (χ4v) is 3.77. The molecule has 3 aromatic carbocycles. The smallest absolute Gasteiger partial charge is 0.343 e. The van der Waals surface area contributed by atoms with E-state index in [4.69, 9.17) is 18.9 Å². The molecule has 37 heavy (non-hydrogen) atoms. The Morgan fingerprint density at radius 1 is 0.622 bits per heavy atom. The molecule has 0 N–H and O–H groups in total. The van der Waals surface area contributed by atoms with Gasteiger partial charge in [-0.15, -0.1) is 0 Å². The van der Waals surface area contributed by atoms with Crippen LogP contribution in [0.25, 0.3) is 0 Å². The van der Waals surface area contributed by atoms with Crippen molar-refractivity contribution in [2.75, 3.05) is 13.2 Å². The van der Waals surface area contributed by atoms with Crippen LogP contribution < -0.4 is 18.9 Å². The molecular formula is C30H33BrO6. The van der Waals surface area contributed by atoms with Gasteiger partial charge in [-0.1, -0.05) is 39.5 Å². The molecule has 0 aromatic heterocycles. The Hall–Kier alpha value is -3.32. The van der Waals surface area contributed by atoms with Crippen molar-refractivity contribution in [1.29, 1.82) is 0 Å². The van der Waals surface area contributed by atoms with Crippen molar-refractivity contribution >= 4 is 27.9 Å². The number of carbonyl (C=O) groups excluding carboxylic acids is 2. The van der Waals surface area contributed by atoms with Gasteiger partial charge >= 0.3 is 11.9 Å². The van der Waals surface area contributed by atoms with E-state index in [0.29, 0.717) is 41.6 Å². The fraction of sp³-hybridized carbons (Fsp3) is 0.333. The maximum atomic E-state index is 12.6. The van der Waals surface area contributed by atoms with Crippen molar-refractivity contribution in [3.63, 3.8) is 0 Å². The molecule has 0 spiro atoms. The van der Waals surface area contributed by atoms with E-state index in [1.54, 1.807) is 66.7 Å². The zero-order chi connectivity index (χ0) is 26.5. The lowest BCUT2D eigenvalue weighted by atomic mass is 10.2. The van der Waals surface area contributed by atoms with E-state index < -0.39 is 11.9 Å². The third kappa shape index (κ3) is 9.25. The predicted octanol–water partition coefficient (Wildman–Crippen LogP) is 8.03. The van der Waals surface area contributed by atoms with Crippen molar-refractivity contribution in [2.24, 2.45) is 0 Å². The number of benzene rings is 3. The first-order chi connectivity index (χ1) is 18.0. The van der Waals surface area contributed by atoms with E-state index in [1.807, 2.05) is 0 Å². The summed E-state index contributed by atoms with van der Waals surface area (Å²) in [6, 6.07) is 18.3. The Kier molecular flexibility index (Phi) is 11.5. The molecule has 0 heterocycles. The predicted molar refractivity (Wildman–Crippen MR) is 147 cm³/mol. The molecule has 0 aliphatic carbocycles. The van der Waals surface area contributed by atoms with Gasteiger partial charge in [0.15, 0.2) is 0 Å². The number of hydrogen-bond acceptors (Lipinski definition) is 6. The molecule has 0 atom stereocenters. The molecule has 7 heteroatoms. The van der Waals surface area contributed by atoms with Gasteiger partial charge in [-0.3, -0.25) is 0 Å². The zero-order valence-electron chi connectivity index (χ0n) is 21.3. The highest BCUT2D eigenvalue weighted by atomic mass is 79.9. The first-order valence-electron chi connectivity index (χ1n) is 12.7. The first-order valence-corrected chi connectivity index (χ1v) is 13.5. The van der Waals surface area contributed by atoms with E-state index >= 15 is 0 Å². The summed E-state index contributed by atoms with van der Waals surface area (Å²) < 4.78 is 23.2. The van der Waals surface area contributed by atoms with Crippen LogP contribution in [0.1, 0.15) is 73.1 Å². The van der Waals surface area contributed by atoms with Crippen LogP contribution in [0.15, 0.2) is 71.2 Å². The van der Waals surface area contributed by atoms with Crippen molar-refractivity contribution < 1.29 is 28.5 Å². The maximum Gasteiger partial charge on any atom is 0.343 e. The molecule has 0 saturated carbocycles. The summed E-state index contributed by atoms with van der Waals surface area (Å²) in [5.74, 6) is 1.05. The van der Waals surface area contributed by atoms with Crippen LogP contribution in [0.5, 0.6) is 23.0 Å². The van der Waals surface area contributed by atoms with Gasteiger partial charge in [0.05, 0.1) is 28.8 Å². The van der Waals surface area contributed by atoms with E-state index in [2.05, 4.69) is 29.8 Å². The summed E-state index contributed by atoms with van der Waals surface area (Å²) >= 11 is 3.45. The van der Waals surface area contributed by atoms with Crippen molar-refractivity contribution in [3.05, 3.63) is 82.3 Å². The van der Waals surface area contributed by atoms with Crippen LogP contribution in [0.3, 0.4) is 0 Å². The van der Waals surface area contributed by atoms with Gasteiger partial charge in [0.2, 0.25) is 0 Å². The topological polar surface area (TPSA) is 71.1 Å². The minimum Gasteiger partial charge on any atom is -0.494 e. The van der Waals surface area contributed by atoms with Crippen molar-refractivity contribution in [3.8, 4) is 23.0 Å². The largest absolute Gasteiger partial charge is 0.494 e. The number of esters is 2. The van der Waals surface area contributed by atoms with E-state index in [1.165, 1.54) is 0 Å². The van der Waals surface area contributed by atoms with Gasteiger partial charge in [-0.25, -0.2) is 9.59 Å². The SMILES string of the molecule is CCCCCOc1ccc(OC(=O)c2ccc(OC(=O)c3ccc(Br)c(OCCCCC)c3)cc2)cc1. The van der Waals surface area contributed by atoms with Gasteiger partial charge in [0.25, 0.3) is 0 Å². The molecule has 0 saturated heterocycles. The highest BCUT2D eigenvalue weighted by Gasteiger charge is 2.14. The Morgan fingerprint density at radius 2 is 1.11 bits per heavy atom. The lowest BCUT2D eigenvalue weighted by molar-refractivity contribution is 0.0730. The van der Waals surface area contributed by atoms with Gasteiger partial charge in [0, 0.05) is 0 Å². The molecule has 0 aliphatic rings. The standard InChI is InChI=1S/C30H33BrO6/c1-3-5-7-19-34-24-14-16-26(17-15-24)36-29(32)22-9-12-25(13-10-22)37-30(33)23-11-18-27(31)28(21-23)35-20-8-6-4-2/h9-18,21H,3-8,19-20H2,1-2H3. The molecule has 3 aromatic rings. The second-order valence-corrected chi connectivity index (χ2v) is 9.39. The normalized spacial score (nSPS) is 10.6. The summed E-state index contributed by atoms with van der Waals surface area (Å²) in [4.78, 5) is 25.2. The summed E-state index contributed by atoms with van der Waals surface area (Å²) in [5, 5.41) is 0. The summed E-state index contributed by atoms with van der Waals surface area (Å²) in [6.45, 7) is 5.53. The third-order valence-electron chi connectivity index (χ3n) is 5.52. The van der Waals surface area contributed by atoms with Crippen LogP contribution in [-0.2, 0) is 0 Å². The molecule has 0 fully saturated rings. The highest BCUT2D eigenvalue weighted by molar-refractivity contribution is 9.10.